The monoisotopic (exact) mass is 274 g/mol. The third kappa shape index (κ3) is 3.23. The Kier molecular flexibility index (Phi) is 5.00. The Hall–Kier alpha value is -0.620. The molecule has 1 aromatic heterocycles. The maximum Gasteiger partial charge on any atom is 0.0996 e. The minimum atomic E-state index is -0.639. The van der Waals surface area contributed by atoms with E-state index in [0.29, 0.717) is 30.3 Å². The van der Waals surface area contributed by atoms with Gasteiger partial charge in [0.15, 0.2) is 0 Å². The molecular weight excluding hydrogens is 256 g/mol. The third-order valence-corrected chi connectivity index (χ3v) is 3.46. The normalized spacial score (nSPS) is 21.4. The first kappa shape index (κ1) is 13.8. The topological polar surface area (TPSA) is 56.5 Å². The highest BCUT2D eigenvalue weighted by atomic mass is 35.5. The molecule has 0 aromatic carbocycles. The highest BCUT2D eigenvalue weighted by Gasteiger charge is 2.24. The van der Waals surface area contributed by atoms with E-state index < -0.39 is 6.10 Å². The van der Waals surface area contributed by atoms with Gasteiger partial charge in [-0.2, -0.15) is 5.10 Å². The van der Waals surface area contributed by atoms with Crippen molar-refractivity contribution in [3.8, 4) is 0 Å². The van der Waals surface area contributed by atoms with Crippen molar-refractivity contribution in [3.63, 3.8) is 0 Å². The number of aliphatic hydroxyl groups is 1. The molecule has 0 saturated carbocycles. The van der Waals surface area contributed by atoms with E-state index in [9.17, 15) is 5.11 Å². The summed E-state index contributed by atoms with van der Waals surface area (Å²) in [6.07, 6.45) is 3.68. The lowest BCUT2D eigenvalue weighted by Crippen LogP contribution is -2.17. The van der Waals surface area contributed by atoms with Gasteiger partial charge in [-0.15, -0.1) is 0 Å². The number of methoxy groups -OCH3 is 1. The van der Waals surface area contributed by atoms with E-state index in [-0.39, 0.29) is 6.10 Å². The Balaban J connectivity index is 2.02. The van der Waals surface area contributed by atoms with E-state index in [4.69, 9.17) is 21.1 Å². The van der Waals surface area contributed by atoms with Gasteiger partial charge in [0, 0.05) is 20.1 Å². The maximum absolute atomic E-state index is 10.3. The fourth-order valence-corrected chi connectivity index (χ4v) is 2.52. The Morgan fingerprint density at radius 2 is 2.56 bits per heavy atom. The number of hydrogen-bond acceptors (Lipinski definition) is 4. The van der Waals surface area contributed by atoms with Crippen LogP contribution in [0.4, 0.5) is 0 Å². The van der Waals surface area contributed by atoms with E-state index in [1.54, 1.807) is 18.0 Å². The van der Waals surface area contributed by atoms with Gasteiger partial charge in [-0.1, -0.05) is 11.6 Å². The predicted molar refractivity (Wildman–Crippen MR) is 67.7 cm³/mol. The minimum absolute atomic E-state index is 0.127. The molecule has 18 heavy (non-hydrogen) atoms. The molecule has 1 N–H and O–H groups in total. The van der Waals surface area contributed by atoms with Crippen LogP contribution in [0.3, 0.4) is 0 Å². The molecule has 5 nitrogen and oxygen atoms in total. The third-order valence-electron chi connectivity index (χ3n) is 3.17. The molecule has 2 atom stereocenters. The standard InChI is InChI=1S/C12H19ClN2O3/c1-17-6-4-15-12(10(13)8-14-15)11(16)7-9-3-2-5-18-9/h8-9,11,16H,2-7H2,1H3. The highest BCUT2D eigenvalue weighted by Crippen LogP contribution is 2.29. The summed E-state index contributed by atoms with van der Waals surface area (Å²) in [7, 11) is 1.63. The highest BCUT2D eigenvalue weighted by molar-refractivity contribution is 6.31. The molecule has 1 aliphatic heterocycles. The van der Waals surface area contributed by atoms with Crippen LogP contribution in [0.1, 0.15) is 31.1 Å². The van der Waals surface area contributed by atoms with Gasteiger partial charge >= 0.3 is 0 Å². The first-order chi connectivity index (χ1) is 8.72. The second-order valence-corrected chi connectivity index (χ2v) is 4.89. The van der Waals surface area contributed by atoms with Crippen molar-refractivity contribution in [3.05, 3.63) is 16.9 Å². The zero-order valence-electron chi connectivity index (χ0n) is 10.5. The van der Waals surface area contributed by atoms with Crippen LogP contribution >= 0.6 is 11.6 Å². The van der Waals surface area contributed by atoms with Crippen LogP contribution in [-0.4, -0.2) is 41.3 Å². The first-order valence-corrected chi connectivity index (χ1v) is 6.60. The zero-order chi connectivity index (χ0) is 13.0. The van der Waals surface area contributed by atoms with Crippen molar-refractivity contribution in [2.24, 2.45) is 0 Å². The van der Waals surface area contributed by atoms with Gasteiger partial charge in [-0.3, -0.25) is 4.68 Å². The molecule has 1 aromatic rings. The van der Waals surface area contributed by atoms with E-state index in [2.05, 4.69) is 5.10 Å². The van der Waals surface area contributed by atoms with Gasteiger partial charge in [0.25, 0.3) is 0 Å². The van der Waals surface area contributed by atoms with Crippen molar-refractivity contribution in [2.45, 2.75) is 38.0 Å². The fraction of sp³-hybridized carbons (Fsp3) is 0.750. The molecule has 0 radical (unpaired) electrons. The molecule has 0 amide bonds. The molecule has 2 rings (SSSR count). The van der Waals surface area contributed by atoms with Crippen LogP contribution in [-0.2, 0) is 16.0 Å². The fourth-order valence-electron chi connectivity index (χ4n) is 2.25. The van der Waals surface area contributed by atoms with E-state index in [1.807, 2.05) is 0 Å². The molecule has 0 aliphatic carbocycles. The van der Waals surface area contributed by atoms with Gasteiger partial charge in [0.05, 0.1) is 42.3 Å². The van der Waals surface area contributed by atoms with Crippen LogP contribution in [0.25, 0.3) is 0 Å². The van der Waals surface area contributed by atoms with Crippen molar-refractivity contribution in [2.75, 3.05) is 20.3 Å². The van der Waals surface area contributed by atoms with E-state index in [1.165, 1.54) is 0 Å². The Morgan fingerprint density at radius 3 is 3.22 bits per heavy atom. The molecule has 0 spiro atoms. The first-order valence-electron chi connectivity index (χ1n) is 6.22. The smallest absolute Gasteiger partial charge is 0.0996 e. The molecule has 102 valence electrons. The Labute approximate surface area is 112 Å². The van der Waals surface area contributed by atoms with Crippen LogP contribution in [0.15, 0.2) is 6.20 Å². The summed E-state index contributed by atoms with van der Waals surface area (Å²) in [5.74, 6) is 0. The number of rotatable bonds is 6. The van der Waals surface area contributed by atoms with Crippen molar-refractivity contribution in [1.29, 1.82) is 0 Å². The predicted octanol–water partition coefficient (Wildman–Crippen LogP) is 1.79. The number of halogens is 1. The van der Waals surface area contributed by atoms with Crippen LogP contribution < -0.4 is 0 Å². The quantitative estimate of drug-likeness (QED) is 0.859. The maximum atomic E-state index is 10.3. The van der Waals surface area contributed by atoms with E-state index >= 15 is 0 Å². The van der Waals surface area contributed by atoms with Gasteiger partial charge in [-0.05, 0) is 12.8 Å². The van der Waals surface area contributed by atoms with Crippen LogP contribution in [0.2, 0.25) is 5.02 Å². The number of nitrogens with zero attached hydrogens (tertiary/aromatic N) is 2. The summed E-state index contributed by atoms with van der Waals surface area (Å²) in [6.45, 7) is 1.91. The lowest BCUT2D eigenvalue weighted by Gasteiger charge is -2.17. The average molecular weight is 275 g/mol. The summed E-state index contributed by atoms with van der Waals surface area (Å²) in [6, 6.07) is 0. The zero-order valence-corrected chi connectivity index (χ0v) is 11.3. The molecule has 2 unspecified atom stereocenters. The summed E-state index contributed by atoms with van der Waals surface area (Å²) in [5, 5.41) is 14.9. The molecule has 2 heterocycles. The molecule has 0 bridgehead atoms. The van der Waals surface area contributed by atoms with Gasteiger partial charge in [0.1, 0.15) is 0 Å². The van der Waals surface area contributed by atoms with Crippen molar-refractivity contribution in [1.82, 2.24) is 9.78 Å². The lowest BCUT2D eigenvalue weighted by atomic mass is 10.1. The van der Waals surface area contributed by atoms with Crippen molar-refractivity contribution < 1.29 is 14.6 Å². The molecule has 1 saturated heterocycles. The number of ether oxygens (including phenoxy) is 2. The van der Waals surface area contributed by atoms with Crippen LogP contribution in [0.5, 0.6) is 0 Å². The average Bonchev–Trinajstić information content (AvgIpc) is 2.96. The molecule has 1 fully saturated rings. The largest absolute Gasteiger partial charge is 0.387 e. The second kappa shape index (κ2) is 6.52. The minimum Gasteiger partial charge on any atom is -0.387 e. The van der Waals surface area contributed by atoms with Crippen molar-refractivity contribution >= 4 is 11.6 Å². The summed E-state index contributed by atoms with van der Waals surface area (Å²) < 4.78 is 12.2. The number of hydrogen-bond donors (Lipinski definition) is 1. The van der Waals surface area contributed by atoms with Gasteiger partial charge in [0.2, 0.25) is 0 Å². The number of aromatic nitrogens is 2. The van der Waals surface area contributed by atoms with E-state index in [0.717, 1.165) is 19.4 Å². The molecular formula is C12H19ClN2O3. The summed E-state index contributed by atoms with van der Waals surface area (Å²) >= 11 is 6.08. The number of aliphatic hydroxyl groups excluding tert-OH is 1. The van der Waals surface area contributed by atoms with Crippen LogP contribution in [0, 0.1) is 0 Å². The Bertz CT molecular complexity index is 377. The second-order valence-electron chi connectivity index (χ2n) is 4.48. The summed E-state index contributed by atoms with van der Waals surface area (Å²) in [5.41, 5.74) is 0.657. The molecule has 1 aliphatic rings. The lowest BCUT2D eigenvalue weighted by molar-refractivity contribution is 0.0494. The van der Waals surface area contributed by atoms with Gasteiger partial charge in [-0.25, -0.2) is 0 Å². The Morgan fingerprint density at radius 1 is 1.72 bits per heavy atom. The molecule has 6 heteroatoms. The van der Waals surface area contributed by atoms with Gasteiger partial charge < -0.3 is 14.6 Å². The SMILES string of the molecule is COCCn1ncc(Cl)c1C(O)CC1CCCO1. The summed E-state index contributed by atoms with van der Waals surface area (Å²) in [4.78, 5) is 0.